The van der Waals surface area contributed by atoms with Crippen LogP contribution in [0.25, 0.3) is 0 Å². The maximum absolute atomic E-state index is 13.0. The summed E-state index contributed by atoms with van der Waals surface area (Å²) >= 11 is 0. The molecular weight excluding hydrogens is 255 g/mol. The van der Waals surface area contributed by atoms with Gasteiger partial charge in [-0.3, -0.25) is 4.79 Å². The molecular formula is C16H17FN2O. The summed E-state index contributed by atoms with van der Waals surface area (Å²) in [4.78, 5) is 12.2. The Hall–Kier alpha value is -2.36. The van der Waals surface area contributed by atoms with E-state index in [0.29, 0.717) is 16.8 Å². The van der Waals surface area contributed by atoms with Crippen LogP contribution in [-0.4, -0.2) is 5.91 Å². The molecule has 0 spiro atoms. The molecule has 4 heteroatoms. The fraction of sp³-hybridized carbons (Fsp3) is 0.188. The van der Waals surface area contributed by atoms with E-state index >= 15 is 0 Å². The summed E-state index contributed by atoms with van der Waals surface area (Å²) in [7, 11) is 0. The van der Waals surface area contributed by atoms with Crippen LogP contribution < -0.4 is 11.1 Å². The van der Waals surface area contributed by atoms with E-state index in [1.54, 1.807) is 19.1 Å². The Labute approximate surface area is 117 Å². The van der Waals surface area contributed by atoms with E-state index in [1.807, 2.05) is 19.1 Å². The molecule has 0 aliphatic heterocycles. The number of halogens is 1. The lowest BCUT2D eigenvalue weighted by atomic mass is 10.1. The second-order valence-corrected chi connectivity index (χ2v) is 4.82. The van der Waals surface area contributed by atoms with Gasteiger partial charge < -0.3 is 11.1 Å². The minimum Gasteiger partial charge on any atom is -0.399 e. The standard InChI is InChI=1S/C16H17FN2O/c1-10-9-13(17)5-8-15(10)16(20)19-11(2)12-3-6-14(18)7-4-12/h3-9,11H,18H2,1-2H3,(H,19,20). The summed E-state index contributed by atoms with van der Waals surface area (Å²) < 4.78 is 13.0. The van der Waals surface area contributed by atoms with Crippen LogP contribution in [0.1, 0.15) is 34.5 Å². The number of rotatable bonds is 3. The van der Waals surface area contributed by atoms with Crippen LogP contribution in [0.5, 0.6) is 0 Å². The molecule has 1 unspecified atom stereocenters. The molecule has 0 saturated heterocycles. The number of aryl methyl sites for hydroxylation is 1. The molecule has 1 amide bonds. The quantitative estimate of drug-likeness (QED) is 0.843. The zero-order chi connectivity index (χ0) is 14.7. The Kier molecular flexibility index (Phi) is 4.03. The Bertz CT molecular complexity index is 623. The van der Waals surface area contributed by atoms with Crippen molar-refractivity contribution in [1.29, 1.82) is 0 Å². The number of carbonyl (C=O) groups is 1. The van der Waals surface area contributed by atoms with Gasteiger partial charge in [-0.15, -0.1) is 0 Å². The summed E-state index contributed by atoms with van der Waals surface area (Å²) in [5, 5.41) is 2.89. The number of nitrogens with one attached hydrogen (secondary N) is 1. The van der Waals surface area contributed by atoms with Gasteiger partial charge in [-0.2, -0.15) is 0 Å². The average Bonchev–Trinajstić information content (AvgIpc) is 2.39. The van der Waals surface area contributed by atoms with Crippen LogP contribution >= 0.6 is 0 Å². The highest BCUT2D eigenvalue weighted by atomic mass is 19.1. The number of hydrogen-bond acceptors (Lipinski definition) is 2. The van der Waals surface area contributed by atoms with Crippen LogP contribution in [0.2, 0.25) is 0 Å². The predicted octanol–water partition coefficient (Wildman–Crippen LogP) is 3.21. The Morgan fingerprint density at radius 3 is 2.45 bits per heavy atom. The summed E-state index contributed by atoms with van der Waals surface area (Å²) in [6.45, 7) is 3.61. The summed E-state index contributed by atoms with van der Waals surface area (Å²) in [5.41, 5.74) is 8.38. The lowest BCUT2D eigenvalue weighted by Crippen LogP contribution is -2.27. The molecule has 0 aromatic heterocycles. The topological polar surface area (TPSA) is 55.1 Å². The average molecular weight is 272 g/mol. The molecule has 0 saturated carbocycles. The number of anilines is 1. The highest BCUT2D eigenvalue weighted by molar-refractivity contribution is 5.95. The molecule has 1 atom stereocenters. The van der Waals surface area contributed by atoms with Gasteiger partial charge in [0.1, 0.15) is 5.82 Å². The second-order valence-electron chi connectivity index (χ2n) is 4.82. The molecule has 0 aliphatic carbocycles. The minimum absolute atomic E-state index is 0.146. The molecule has 20 heavy (non-hydrogen) atoms. The lowest BCUT2D eigenvalue weighted by Gasteiger charge is -2.15. The fourth-order valence-electron chi connectivity index (χ4n) is 2.02. The first-order valence-electron chi connectivity index (χ1n) is 6.40. The summed E-state index contributed by atoms with van der Waals surface area (Å²) in [6, 6.07) is 11.3. The Morgan fingerprint density at radius 1 is 1.20 bits per heavy atom. The fourth-order valence-corrected chi connectivity index (χ4v) is 2.02. The van der Waals surface area contributed by atoms with Gasteiger partial charge in [-0.1, -0.05) is 12.1 Å². The third-order valence-electron chi connectivity index (χ3n) is 3.22. The molecule has 3 nitrogen and oxygen atoms in total. The highest BCUT2D eigenvalue weighted by Gasteiger charge is 2.13. The molecule has 2 aromatic rings. The number of carbonyl (C=O) groups excluding carboxylic acids is 1. The van der Waals surface area contributed by atoms with Gasteiger partial charge in [-0.25, -0.2) is 4.39 Å². The van der Waals surface area contributed by atoms with E-state index in [2.05, 4.69) is 5.32 Å². The maximum Gasteiger partial charge on any atom is 0.252 e. The molecule has 104 valence electrons. The van der Waals surface area contributed by atoms with Crippen molar-refractivity contribution in [2.75, 3.05) is 5.73 Å². The van der Waals surface area contributed by atoms with Gasteiger partial charge in [0, 0.05) is 11.3 Å². The first kappa shape index (κ1) is 14.1. The van der Waals surface area contributed by atoms with Gasteiger partial charge >= 0.3 is 0 Å². The maximum atomic E-state index is 13.0. The van der Waals surface area contributed by atoms with Crippen LogP contribution in [-0.2, 0) is 0 Å². The van der Waals surface area contributed by atoms with Gasteiger partial charge in [0.2, 0.25) is 0 Å². The van der Waals surface area contributed by atoms with Gasteiger partial charge in [0.05, 0.1) is 6.04 Å². The minimum atomic E-state index is -0.342. The van der Waals surface area contributed by atoms with Crippen molar-refractivity contribution in [3.8, 4) is 0 Å². The van der Waals surface area contributed by atoms with Crippen LogP contribution in [0, 0.1) is 12.7 Å². The van der Waals surface area contributed by atoms with Crippen molar-refractivity contribution < 1.29 is 9.18 Å². The monoisotopic (exact) mass is 272 g/mol. The van der Waals surface area contributed by atoms with E-state index < -0.39 is 0 Å². The van der Waals surface area contributed by atoms with Gasteiger partial charge in [0.15, 0.2) is 0 Å². The summed E-state index contributed by atoms with van der Waals surface area (Å²) in [5.74, 6) is -0.558. The van der Waals surface area contributed by atoms with E-state index in [0.717, 1.165) is 5.56 Å². The van der Waals surface area contributed by atoms with Crippen molar-refractivity contribution in [3.63, 3.8) is 0 Å². The van der Waals surface area contributed by atoms with Gasteiger partial charge in [-0.05, 0) is 55.3 Å². The Balaban J connectivity index is 2.13. The van der Waals surface area contributed by atoms with Crippen molar-refractivity contribution in [2.45, 2.75) is 19.9 Å². The molecule has 2 aromatic carbocycles. The number of hydrogen-bond donors (Lipinski definition) is 2. The summed E-state index contributed by atoms with van der Waals surface area (Å²) in [6.07, 6.45) is 0. The Morgan fingerprint density at radius 2 is 1.85 bits per heavy atom. The molecule has 3 N–H and O–H groups in total. The zero-order valence-corrected chi connectivity index (χ0v) is 11.5. The van der Waals surface area contributed by atoms with E-state index in [9.17, 15) is 9.18 Å². The molecule has 0 bridgehead atoms. The molecule has 0 fully saturated rings. The largest absolute Gasteiger partial charge is 0.399 e. The smallest absolute Gasteiger partial charge is 0.252 e. The SMILES string of the molecule is Cc1cc(F)ccc1C(=O)NC(C)c1ccc(N)cc1. The second kappa shape index (κ2) is 5.74. The third-order valence-corrected chi connectivity index (χ3v) is 3.22. The number of benzene rings is 2. The zero-order valence-electron chi connectivity index (χ0n) is 11.5. The highest BCUT2D eigenvalue weighted by Crippen LogP contribution is 2.16. The van der Waals surface area contributed by atoms with Crippen molar-refractivity contribution in [2.24, 2.45) is 0 Å². The number of amides is 1. The van der Waals surface area contributed by atoms with E-state index in [1.165, 1.54) is 18.2 Å². The molecule has 0 heterocycles. The van der Waals surface area contributed by atoms with Crippen molar-refractivity contribution >= 4 is 11.6 Å². The van der Waals surface area contributed by atoms with E-state index in [4.69, 9.17) is 5.73 Å². The van der Waals surface area contributed by atoms with Crippen LogP contribution in [0.4, 0.5) is 10.1 Å². The first-order chi connectivity index (χ1) is 9.47. The number of nitrogen functional groups attached to an aromatic ring is 1. The third kappa shape index (κ3) is 3.15. The van der Waals surface area contributed by atoms with Crippen LogP contribution in [0.15, 0.2) is 42.5 Å². The van der Waals surface area contributed by atoms with Gasteiger partial charge in [0.25, 0.3) is 5.91 Å². The van der Waals surface area contributed by atoms with Crippen LogP contribution in [0.3, 0.4) is 0 Å². The van der Waals surface area contributed by atoms with E-state index in [-0.39, 0.29) is 17.8 Å². The normalized spacial score (nSPS) is 11.9. The molecule has 2 rings (SSSR count). The number of nitrogens with two attached hydrogens (primary N) is 1. The first-order valence-corrected chi connectivity index (χ1v) is 6.40. The lowest BCUT2D eigenvalue weighted by molar-refractivity contribution is 0.0939. The van der Waals surface area contributed by atoms with Crippen molar-refractivity contribution in [3.05, 3.63) is 65.0 Å². The molecule has 0 radical (unpaired) electrons. The molecule has 0 aliphatic rings. The van der Waals surface area contributed by atoms with Crippen molar-refractivity contribution in [1.82, 2.24) is 5.32 Å². The predicted molar refractivity (Wildman–Crippen MR) is 77.9 cm³/mol.